The van der Waals surface area contributed by atoms with Gasteiger partial charge in [0, 0.05) is 24.5 Å². The first-order chi connectivity index (χ1) is 11.8. The van der Waals surface area contributed by atoms with Crippen LogP contribution in [0.2, 0.25) is 0 Å². The first kappa shape index (κ1) is 15.5. The van der Waals surface area contributed by atoms with Crippen LogP contribution in [0.15, 0.2) is 71.6 Å². The summed E-state index contributed by atoms with van der Waals surface area (Å²) in [7, 11) is 0. The number of furan rings is 1. The van der Waals surface area contributed by atoms with E-state index in [0.717, 1.165) is 5.56 Å². The number of benzene rings is 1. The Bertz CT molecular complexity index is 835. The lowest BCUT2D eigenvalue weighted by atomic mass is 10.1. The summed E-state index contributed by atoms with van der Waals surface area (Å²) in [6, 6.07) is 16.1. The molecule has 0 N–H and O–H groups in total. The van der Waals surface area contributed by atoms with Gasteiger partial charge in [0.15, 0.2) is 0 Å². The molecule has 1 amide bonds. The van der Waals surface area contributed by atoms with Gasteiger partial charge in [-0.1, -0.05) is 6.07 Å². The average molecular weight is 317 g/mol. The second-order valence-corrected chi connectivity index (χ2v) is 5.29. The molecule has 1 aromatic carbocycles. The smallest absolute Gasteiger partial charge is 0.254 e. The third kappa shape index (κ3) is 3.68. The van der Waals surface area contributed by atoms with E-state index >= 15 is 0 Å². The van der Waals surface area contributed by atoms with Crippen LogP contribution in [0.1, 0.15) is 27.2 Å². The standard InChI is InChI=1S/C19H15N3O2/c20-11-15-5-7-17(8-6-15)19(23)22(14-18-4-2-10-24-18)13-16-3-1-9-21-12-16/h1-10,12H,13-14H2. The van der Waals surface area contributed by atoms with Crippen molar-refractivity contribution in [1.82, 2.24) is 9.88 Å². The highest BCUT2D eigenvalue weighted by Crippen LogP contribution is 2.15. The van der Waals surface area contributed by atoms with Crippen LogP contribution in [0.4, 0.5) is 0 Å². The zero-order valence-corrected chi connectivity index (χ0v) is 12.9. The van der Waals surface area contributed by atoms with Gasteiger partial charge < -0.3 is 9.32 Å². The van der Waals surface area contributed by atoms with Crippen molar-refractivity contribution >= 4 is 5.91 Å². The summed E-state index contributed by atoms with van der Waals surface area (Å²) in [5.74, 6) is 0.584. The maximum absolute atomic E-state index is 12.9. The lowest BCUT2D eigenvalue weighted by Gasteiger charge is -2.22. The molecule has 0 saturated carbocycles. The molecule has 5 nitrogen and oxygen atoms in total. The first-order valence-corrected chi connectivity index (χ1v) is 7.47. The lowest BCUT2D eigenvalue weighted by Crippen LogP contribution is -2.30. The molecule has 5 heteroatoms. The fraction of sp³-hybridized carbons (Fsp3) is 0.105. The molecule has 3 rings (SSSR count). The third-order valence-corrected chi connectivity index (χ3v) is 3.57. The molecule has 0 aliphatic rings. The van der Waals surface area contributed by atoms with Crippen molar-refractivity contribution in [1.29, 1.82) is 5.26 Å². The zero-order valence-electron chi connectivity index (χ0n) is 12.9. The van der Waals surface area contributed by atoms with E-state index in [1.165, 1.54) is 0 Å². The van der Waals surface area contributed by atoms with Crippen molar-refractivity contribution in [2.24, 2.45) is 0 Å². The van der Waals surface area contributed by atoms with Gasteiger partial charge in [-0.3, -0.25) is 9.78 Å². The van der Waals surface area contributed by atoms with Crippen molar-refractivity contribution in [3.63, 3.8) is 0 Å². The molecule has 0 aliphatic heterocycles. The average Bonchev–Trinajstić information content (AvgIpc) is 3.15. The van der Waals surface area contributed by atoms with E-state index in [1.54, 1.807) is 53.9 Å². The largest absolute Gasteiger partial charge is 0.467 e. The topological polar surface area (TPSA) is 70.1 Å². The molecule has 2 aromatic heterocycles. The number of hydrogen-bond acceptors (Lipinski definition) is 4. The Morgan fingerprint density at radius 1 is 1.12 bits per heavy atom. The zero-order chi connectivity index (χ0) is 16.8. The summed E-state index contributed by atoms with van der Waals surface area (Å²) in [5, 5.41) is 8.88. The molecule has 0 fully saturated rings. The van der Waals surface area contributed by atoms with Crippen LogP contribution >= 0.6 is 0 Å². The summed E-state index contributed by atoms with van der Waals surface area (Å²) >= 11 is 0. The van der Waals surface area contributed by atoms with E-state index in [2.05, 4.69) is 11.1 Å². The Labute approximate surface area is 139 Å². The molecule has 0 unspecified atom stereocenters. The molecule has 2 heterocycles. The predicted octanol–water partition coefficient (Wildman–Crippen LogP) is 3.39. The van der Waals surface area contributed by atoms with Gasteiger partial charge in [-0.2, -0.15) is 5.26 Å². The Hall–Kier alpha value is -3.39. The third-order valence-electron chi connectivity index (χ3n) is 3.57. The molecule has 0 saturated heterocycles. The van der Waals surface area contributed by atoms with Crippen molar-refractivity contribution in [3.8, 4) is 6.07 Å². The van der Waals surface area contributed by atoms with Crippen LogP contribution in [-0.4, -0.2) is 15.8 Å². The van der Waals surface area contributed by atoms with Gasteiger partial charge in [0.25, 0.3) is 5.91 Å². The van der Waals surface area contributed by atoms with E-state index in [9.17, 15) is 4.79 Å². The minimum absolute atomic E-state index is 0.125. The van der Waals surface area contributed by atoms with E-state index in [4.69, 9.17) is 9.68 Å². The van der Waals surface area contributed by atoms with E-state index in [0.29, 0.717) is 30.0 Å². The van der Waals surface area contributed by atoms with Crippen molar-refractivity contribution in [2.75, 3.05) is 0 Å². The predicted molar refractivity (Wildman–Crippen MR) is 87.7 cm³/mol. The van der Waals surface area contributed by atoms with Crippen LogP contribution in [0.25, 0.3) is 0 Å². The van der Waals surface area contributed by atoms with Crippen LogP contribution in [0.5, 0.6) is 0 Å². The highest BCUT2D eigenvalue weighted by atomic mass is 16.3. The monoisotopic (exact) mass is 317 g/mol. The molecule has 24 heavy (non-hydrogen) atoms. The van der Waals surface area contributed by atoms with Gasteiger partial charge in [-0.25, -0.2) is 0 Å². The van der Waals surface area contributed by atoms with Gasteiger partial charge in [-0.15, -0.1) is 0 Å². The Balaban J connectivity index is 1.84. The van der Waals surface area contributed by atoms with Gasteiger partial charge in [-0.05, 0) is 48.0 Å². The molecule has 118 valence electrons. The highest BCUT2D eigenvalue weighted by molar-refractivity contribution is 5.94. The van der Waals surface area contributed by atoms with E-state index in [1.807, 2.05) is 18.2 Å². The molecule has 0 aliphatic carbocycles. The number of pyridine rings is 1. The minimum atomic E-state index is -0.125. The lowest BCUT2D eigenvalue weighted by molar-refractivity contribution is 0.0717. The number of carbonyl (C=O) groups excluding carboxylic acids is 1. The number of rotatable bonds is 5. The van der Waals surface area contributed by atoms with E-state index < -0.39 is 0 Å². The van der Waals surface area contributed by atoms with Crippen LogP contribution in [0, 0.1) is 11.3 Å². The summed E-state index contributed by atoms with van der Waals surface area (Å²) in [6.07, 6.45) is 5.02. The quantitative estimate of drug-likeness (QED) is 0.723. The van der Waals surface area contributed by atoms with Crippen LogP contribution in [0.3, 0.4) is 0 Å². The van der Waals surface area contributed by atoms with Gasteiger partial charge in [0.05, 0.1) is 24.4 Å². The van der Waals surface area contributed by atoms with Gasteiger partial charge in [0.2, 0.25) is 0 Å². The van der Waals surface area contributed by atoms with Crippen LogP contribution in [-0.2, 0) is 13.1 Å². The molecule has 3 aromatic rings. The SMILES string of the molecule is N#Cc1ccc(C(=O)N(Cc2cccnc2)Cc2ccco2)cc1. The van der Waals surface area contributed by atoms with Gasteiger partial charge in [0.1, 0.15) is 5.76 Å². The number of amides is 1. The number of nitriles is 1. The van der Waals surface area contributed by atoms with Crippen molar-refractivity contribution in [3.05, 3.63) is 89.6 Å². The summed E-state index contributed by atoms with van der Waals surface area (Å²) in [6.45, 7) is 0.786. The summed E-state index contributed by atoms with van der Waals surface area (Å²) in [5.41, 5.74) is 1.99. The second kappa shape index (κ2) is 7.25. The minimum Gasteiger partial charge on any atom is -0.467 e. The normalized spacial score (nSPS) is 10.1. The molecule has 0 radical (unpaired) electrons. The maximum atomic E-state index is 12.9. The van der Waals surface area contributed by atoms with E-state index in [-0.39, 0.29) is 5.91 Å². The van der Waals surface area contributed by atoms with Crippen molar-refractivity contribution < 1.29 is 9.21 Å². The van der Waals surface area contributed by atoms with Crippen LogP contribution < -0.4 is 0 Å². The number of carbonyl (C=O) groups is 1. The Morgan fingerprint density at radius 3 is 2.58 bits per heavy atom. The maximum Gasteiger partial charge on any atom is 0.254 e. The highest BCUT2D eigenvalue weighted by Gasteiger charge is 2.18. The first-order valence-electron chi connectivity index (χ1n) is 7.47. The second-order valence-electron chi connectivity index (χ2n) is 5.29. The molecule has 0 bridgehead atoms. The number of hydrogen-bond donors (Lipinski definition) is 0. The van der Waals surface area contributed by atoms with Crippen molar-refractivity contribution in [2.45, 2.75) is 13.1 Å². The fourth-order valence-electron chi connectivity index (χ4n) is 2.37. The molecular weight excluding hydrogens is 302 g/mol. The summed E-state index contributed by atoms with van der Waals surface area (Å²) < 4.78 is 5.37. The fourth-order valence-corrected chi connectivity index (χ4v) is 2.37. The molecular formula is C19H15N3O2. The Morgan fingerprint density at radius 2 is 1.96 bits per heavy atom. The van der Waals surface area contributed by atoms with Gasteiger partial charge >= 0.3 is 0 Å². The number of nitrogens with zero attached hydrogens (tertiary/aromatic N) is 3. The Kier molecular flexibility index (Phi) is 4.68. The summed E-state index contributed by atoms with van der Waals surface area (Å²) in [4.78, 5) is 18.6. The molecule has 0 atom stereocenters. The molecule has 0 spiro atoms. The number of aromatic nitrogens is 1.